The summed E-state index contributed by atoms with van der Waals surface area (Å²) in [6.07, 6.45) is -1.19. The molecular weight excluding hydrogens is 775 g/mol. The fraction of sp³-hybridized carbons (Fsp3) is 0.682. The van der Waals surface area contributed by atoms with Gasteiger partial charge in [0.25, 0.3) is 0 Å². The summed E-state index contributed by atoms with van der Waals surface area (Å²) in [5.41, 5.74) is 0.503. The Hall–Kier alpha value is -3.78. The van der Waals surface area contributed by atoms with Crippen LogP contribution >= 0.6 is 11.5 Å². The first-order valence-corrected chi connectivity index (χ1v) is 21.7. The van der Waals surface area contributed by atoms with Gasteiger partial charge in [0.2, 0.25) is 0 Å². The van der Waals surface area contributed by atoms with E-state index in [1.54, 1.807) is 18.0 Å². The summed E-state index contributed by atoms with van der Waals surface area (Å²) < 4.78 is 36.2. The number of ketones is 1. The normalized spacial score (nSPS) is 36.8. The number of aliphatic imine (C=N–C) groups is 1. The summed E-state index contributed by atoms with van der Waals surface area (Å²) in [6.45, 7) is 15.6. The molecule has 14 nitrogen and oxygen atoms in total. The number of aliphatic hydroxyl groups excluding tert-OH is 1. The minimum Gasteiger partial charge on any atom is -0.458 e. The van der Waals surface area contributed by atoms with Gasteiger partial charge >= 0.3 is 12.1 Å². The van der Waals surface area contributed by atoms with E-state index < -0.39 is 71.5 Å². The van der Waals surface area contributed by atoms with Crippen molar-refractivity contribution in [1.82, 2.24) is 19.4 Å². The van der Waals surface area contributed by atoms with Crippen molar-refractivity contribution in [2.24, 2.45) is 28.7 Å². The van der Waals surface area contributed by atoms with Gasteiger partial charge in [-0.2, -0.15) is 0 Å². The maximum Gasteiger partial charge on any atom is 0.410 e. The number of likely N-dealkylation sites (N-methyl/N-ethyl adjacent to an activating group) is 1. The lowest BCUT2D eigenvalue weighted by Crippen LogP contribution is -2.60. The third kappa shape index (κ3) is 9.28. The van der Waals surface area contributed by atoms with Gasteiger partial charge in [0, 0.05) is 36.6 Å². The highest BCUT2D eigenvalue weighted by molar-refractivity contribution is 7.09. The van der Waals surface area contributed by atoms with Crippen LogP contribution in [0.5, 0.6) is 0 Å². The lowest BCUT2D eigenvalue weighted by molar-refractivity contribution is -0.296. The predicted octanol–water partition coefficient (Wildman–Crippen LogP) is 5.21. The number of cyclic esters (lactones) is 1. The Morgan fingerprint density at radius 3 is 2.44 bits per heavy atom. The lowest BCUT2D eigenvalue weighted by Gasteiger charge is -2.47. The van der Waals surface area contributed by atoms with Crippen LogP contribution in [0.4, 0.5) is 4.79 Å². The van der Waals surface area contributed by atoms with Crippen molar-refractivity contribution in [2.75, 3.05) is 33.8 Å². The van der Waals surface area contributed by atoms with E-state index >= 15 is 0 Å². The minimum atomic E-state index is -1.23. The molecule has 0 radical (unpaired) electrons. The summed E-state index contributed by atoms with van der Waals surface area (Å²) in [7, 11) is 3.80. The van der Waals surface area contributed by atoms with E-state index in [9.17, 15) is 19.5 Å². The lowest BCUT2D eigenvalue weighted by atomic mass is 9.73. The first-order valence-electron chi connectivity index (χ1n) is 20.9. The number of fused-ring (bicyclic) bond motifs is 1. The Balaban J connectivity index is 1.37. The molecule has 13 atom stereocenters. The molecule has 2 aromatic rings. The molecule has 1 aromatic carbocycles. The van der Waals surface area contributed by atoms with Crippen molar-refractivity contribution < 1.29 is 43.2 Å². The Morgan fingerprint density at radius 2 is 1.78 bits per heavy atom. The van der Waals surface area contributed by atoms with E-state index in [1.165, 1.54) is 18.5 Å². The van der Waals surface area contributed by atoms with Crippen molar-refractivity contribution in [2.45, 2.75) is 135 Å². The Kier molecular flexibility index (Phi) is 14.0. The monoisotopic (exact) mass is 835 g/mol. The second-order valence-corrected chi connectivity index (χ2v) is 18.2. The number of rotatable bonds is 8. The molecule has 3 fully saturated rings. The average Bonchev–Trinajstić information content (AvgIpc) is 3.78. The van der Waals surface area contributed by atoms with E-state index in [-0.39, 0.29) is 30.6 Å². The predicted molar refractivity (Wildman–Crippen MR) is 223 cm³/mol. The SMILES string of the molecule is CC[C@@H]1OC(=O)[C@H](C)C(=O)[C@H](C)[C@@H](O[C@@H]2O[C@H](C)C[C@H](N(C)C)[C@H]2O)[C@](C)(OCC#CCc2ccc(-c3cnns3)cc2)C[C@@H](C)C2=NCCN3C(=O)O[C@@]1(C)[C@H]3[C@@H]2C. The van der Waals surface area contributed by atoms with Crippen LogP contribution in [0.2, 0.25) is 0 Å². The largest absolute Gasteiger partial charge is 0.458 e. The van der Waals surface area contributed by atoms with Crippen molar-refractivity contribution in [3.05, 3.63) is 36.0 Å². The molecule has 15 heteroatoms. The highest BCUT2D eigenvalue weighted by Gasteiger charge is 2.60. The van der Waals surface area contributed by atoms with E-state index in [2.05, 4.69) is 28.4 Å². The zero-order valence-corrected chi connectivity index (χ0v) is 36.9. The number of hydrogen-bond donors (Lipinski definition) is 1. The topological polar surface area (TPSA) is 162 Å². The third-order valence-electron chi connectivity index (χ3n) is 12.9. The van der Waals surface area contributed by atoms with Crippen molar-refractivity contribution in [3.8, 4) is 22.3 Å². The molecule has 322 valence electrons. The van der Waals surface area contributed by atoms with Gasteiger partial charge in [-0.15, -0.1) is 5.10 Å². The van der Waals surface area contributed by atoms with Crippen LogP contribution in [0.3, 0.4) is 0 Å². The fourth-order valence-corrected chi connectivity index (χ4v) is 10.3. The summed E-state index contributed by atoms with van der Waals surface area (Å²) in [4.78, 5) is 51.8. The molecule has 0 saturated carbocycles. The second kappa shape index (κ2) is 18.5. The number of aliphatic hydroxyl groups is 1. The summed E-state index contributed by atoms with van der Waals surface area (Å²) in [5, 5.41) is 15.6. The van der Waals surface area contributed by atoms with Crippen LogP contribution in [0.1, 0.15) is 80.2 Å². The first kappa shape index (κ1) is 44.8. The Bertz CT molecular complexity index is 1900. The van der Waals surface area contributed by atoms with Gasteiger partial charge < -0.3 is 33.7 Å². The number of hydrogen-bond acceptors (Lipinski definition) is 14. The molecule has 1 aromatic heterocycles. The van der Waals surface area contributed by atoms with Gasteiger partial charge in [-0.3, -0.25) is 19.5 Å². The van der Waals surface area contributed by atoms with Crippen LogP contribution in [0.25, 0.3) is 10.4 Å². The third-order valence-corrected chi connectivity index (χ3v) is 13.6. The molecular formula is C44H61N5O9S. The van der Waals surface area contributed by atoms with Gasteiger partial charge in [0.05, 0.1) is 41.5 Å². The molecule has 0 spiro atoms. The molecule has 1 N–H and O–H groups in total. The average molecular weight is 836 g/mol. The Labute approximate surface area is 352 Å². The van der Waals surface area contributed by atoms with E-state index in [0.29, 0.717) is 38.8 Å². The maximum atomic E-state index is 14.6. The number of carbonyl (C=O) groups is 3. The highest BCUT2D eigenvalue weighted by Crippen LogP contribution is 2.44. The molecule has 6 rings (SSSR count). The minimum absolute atomic E-state index is 0.00797. The van der Waals surface area contributed by atoms with Gasteiger partial charge in [-0.25, -0.2) is 4.79 Å². The smallest absolute Gasteiger partial charge is 0.410 e. The van der Waals surface area contributed by atoms with Crippen LogP contribution < -0.4 is 0 Å². The zero-order valence-electron chi connectivity index (χ0n) is 36.0. The zero-order chi connectivity index (χ0) is 42.8. The summed E-state index contributed by atoms with van der Waals surface area (Å²) in [5.74, 6) is 2.65. The first-order chi connectivity index (χ1) is 28.0. The molecule has 3 saturated heterocycles. The molecule has 59 heavy (non-hydrogen) atoms. The quantitative estimate of drug-likeness (QED) is 0.210. The van der Waals surface area contributed by atoms with Crippen molar-refractivity contribution >= 4 is 35.1 Å². The van der Waals surface area contributed by atoms with E-state index in [4.69, 9.17) is 28.7 Å². The second-order valence-electron chi connectivity index (χ2n) is 17.4. The van der Waals surface area contributed by atoms with Gasteiger partial charge in [-0.1, -0.05) is 68.3 Å². The number of ether oxygens (including phenoxy) is 5. The van der Waals surface area contributed by atoms with Crippen LogP contribution in [0.15, 0.2) is 35.5 Å². The number of carbonyl (C=O) groups excluding carboxylic acids is 3. The maximum absolute atomic E-state index is 14.6. The van der Waals surface area contributed by atoms with Crippen LogP contribution in [-0.4, -0.2) is 136 Å². The van der Waals surface area contributed by atoms with Gasteiger partial charge in [0.15, 0.2) is 17.7 Å². The standard InChI is InChI=1S/C44H61N5O9S/c1-11-34-44(8)38-27(4)35(45-19-20-49(38)42(53)58-44)25(2)23-43(7,54-21-13-12-14-30-15-17-31(18-16-30)33-24-46-47-59-33)39(28(5)36(50)29(6)40(52)56-34)57-41-37(51)32(48(9)10)22-26(3)55-41/h15-18,24-29,32,34,37-39,41,51H,11,14,19-23H2,1-10H3/t25-,26-,27-,28+,29-,32+,34+,37-,38-,39-,41+,43-,44-/m1/s1. The van der Waals surface area contributed by atoms with Gasteiger partial charge in [0.1, 0.15) is 24.7 Å². The number of amides is 1. The molecule has 5 heterocycles. The van der Waals surface area contributed by atoms with E-state index in [1.807, 2.05) is 77.9 Å². The number of Topliss-reactive ketones (excluding diaryl/α,β-unsaturated/α-hetero) is 1. The van der Waals surface area contributed by atoms with Crippen molar-refractivity contribution in [3.63, 3.8) is 0 Å². The van der Waals surface area contributed by atoms with Crippen LogP contribution in [-0.2, 0) is 39.7 Å². The molecule has 4 aliphatic rings. The molecule has 4 aliphatic heterocycles. The number of aromatic nitrogens is 2. The molecule has 1 amide bonds. The Morgan fingerprint density at radius 1 is 1.05 bits per heavy atom. The highest BCUT2D eigenvalue weighted by atomic mass is 32.1. The summed E-state index contributed by atoms with van der Waals surface area (Å²) in [6, 6.07) is 7.34. The molecule has 2 bridgehead atoms. The van der Waals surface area contributed by atoms with Crippen LogP contribution in [0, 0.1) is 35.5 Å². The van der Waals surface area contributed by atoms with E-state index in [0.717, 1.165) is 21.7 Å². The van der Waals surface area contributed by atoms with Crippen molar-refractivity contribution in [1.29, 1.82) is 0 Å². The fourth-order valence-electron chi connectivity index (χ4n) is 9.75. The number of nitrogens with zero attached hydrogens (tertiary/aromatic N) is 5. The summed E-state index contributed by atoms with van der Waals surface area (Å²) >= 11 is 1.34. The number of esters is 1. The number of benzene rings is 1. The molecule has 0 aliphatic carbocycles. The van der Waals surface area contributed by atoms with Gasteiger partial charge in [-0.05, 0) is 89.6 Å². The molecule has 0 unspecified atom stereocenters.